The van der Waals surface area contributed by atoms with E-state index in [2.05, 4.69) is 10.6 Å². The Morgan fingerprint density at radius 3 is 2.74 bits per heavy atom. The number of urea groups is 1. The molecule has 142 valence electrons. The molecular formula is C20H23N3O4. The van der Waals surface area contributed by atoms with Gasteiger partial charge in [0.25, 0.3) is 5.91 Å². The van der Waals surface area contributed by atoms with Gasteiger partial charge in [0, 0.05) is 5.39 Å². The zero-order valence-electron chi connectivity index (χ0n) is 15.3. The van der Waals surface area contributed by atoms with E-state index in [4.69, 9.17) is 4.42 Å². The van der Waals surface area contributed by atoms with Crippen LogP contribution < -0.4 is 10.6 Å². The van der Waals surface area contributed by atoms with Crippen LogP contribution in [0.1, 0.15) is 50.8 Å². The number of para-hydroxylation sites is 1. The van der Waals surface area contributed by atoms with Gasteiger partial charge in [0.2, 0.25) is 5.91 Å². The van der Waals surface area contributed by atoms with Crippen LogP contribution in [0.3, 0.4) is 0 Å². The number of imide groups is 1. The monoisotopic (exact) mass is 369 g/mol. The fraction of sp³-hybridized carbons (Fsp3) is 0.450. The molecule has 1 spiro atoms. The zero-order chi connectivity index (χ0) is 19.0. The number of rotatable bonds is 4. The number of furan rings is 1. The number of carbonyl (C=O) groups is 3. The van der Waals surface area contributed by atoms with Gasteiger partial charge in [-0.3, -0.25) is 14.5 Å². The molecule has 2 fully saturated rings. The molecule has 1 saturated carbocycles. The summed E-state index contributed by atoms with van der Waals surface area (Å²) < 4.78 is 5.76. The molecule has 0 bridgehead atoms. The molecule has 7 heteroatoms. The Balaban J connectivity index is 1.41. The van der Waals surface area contributed by atoms with E-state index in [0.717, 1.165) is 35.1 Å². The van der Waals surface area contributed by atoms with Crippen LogP contribution in [0.15, 0.2) is 34.7 Å². The Bertz CT molecular complexity index is 865. The lowest BCUT2D eigenvalue weighted by Crippen LogP contribution is -2.49. The summed E-state index contributed by atoms with van der Waals surface area (Å²) in [5, 5.41) is 6.59. The summed E-state index contributed by atoms with van der Waals surface area (Å²) >= 11 is 0. The maximum atomic E-state index is 12.7. The fourth-order valence-electron chi connectivity index (χ4n) is 4.03. The number of nitrogens with zero attached hydrogens (tertiary/aromatic N) is 1. The second kappa shape index (κ2) is 6.72. The van der Waals surface area contributed by atoms with E-state index in [1.54, 1.807) is 0 Å². The van der Waals surface area contributed by atoms with Gasteiger partial charge in [-0.25, -0.2) is 4.79 Å². The van der Waals surface area contributed by atoms with Crippen molar-refractivity contribution in [2.45, 2.75) is 50.6 Å². The molecule has 2 aliphatic rings. The van der Waals surface area contributed by atoms with E-state index >= 15 is 0 Å². The van der Waals surface area contributed by atoms with Crippen molar-refractivity contribution in [3.63, 3.8) is 0 Å². The first-order valence-corrected chi connectivity index (χ1v) is 9.40. The average Bonchev–Trinajstić information content (AvgIpc) is 3.18. The maximum Gasteiger partial charge on any atom is 0.325 e. The van der Waals surface area contributed by atoms with E-state index in [1.165, 1.54) is 0 Å². The highest BCUT2D eigenvalue weighted by Gasteiger charge is 2.51. The molecule has 1 unspecified atom stereocenters. The second-order valence-electron chi connectivity index (χ2n) is 7.44. The van der Waals surface area contributed by atoms with Gasteiger partial charge in [0.1, 0.15) is 23.4 Å². The van der Waals surface area contributed by atoms with E-state index in [9.17, 15) is 14.4 Å². The van der Waals surface area contributed by atoms with Crippen LogP contribution in [-0.2, 0) is 9.59 Å². The van der Waals surface area contributed by atoms with Crippen molar-refractivity contribution in [3.8, 4) is 0 Å². The van der Waals surface area contributed by atoms with Gasteiger partial charge in [-0.2, -0.15) is 0 Å². The van der Waals surface area contributed by atoms with Crippen LogP contribution in [0.25, 0.3) is 11.0 Å². The SMILES string of the molecule is CC(NC(=O)CN1C(=O)NC2(CCCCC2)C1=O)c1cc2ccccc2o1. The van der Waals surface area contributed by atoms with Gasteiger partial charge in [0.15, 0.2) is 0 Å². The van der Waals surface area contributed by atoms with Crippen molar-refractivity contribution in [1.29, 1.82) is 0 Å². The van der Waals surface area contributed by atoms with Crippen molar-refractivity contribution < 1.29 is 18.8 Å². The van der Waals surface area contributed by atoms with Crippen molar-refractivity contribution >= 4 is 28.8 Å². The predicted molar refractivity (Wildman–Crippen MR) is 98.8 cm³/mol. The van der Waals surface area contributed by atoms with E-state index in [1.807, 2.05) is 37.3 Å². The quantitative estimate of drug-likeness (QED) is 0.811. The number of benzene rings is 1. The van der Waals surface area contributed by atoms with Crippen molar-refractivity contribution in [1.82, 2.24) is 15.5 Å². The molecule has 1 aromatic heterocycles. The third-order valence-corrected chi connectivity index (χ3v) is 5.50. The highest BCUT2D eigenvalue weighted by molar-refractivity contribution is 6.09. The Morgan fingerprint density at radius 1 is 1.26 bits per heavy atom. The van der Waals surface area contributed by atoms with Crippen molar-refractivity contribution in [3.05, 3.63) is 36.1 Å². The molecule has 1 aliphatic carbocycles. The molecule has 27 heavy (non-hydrogen) atoms. The summed E-state index contributed by atoms with van der Waals surface area (Å²) in [5.41, 5.74) is -0.0538. The minimum Gasteiger partial charge on any atom is -0.459 e. The summed E-state index contributed by atoms with van der Waals surface area (Å²) in [6, 6.07) is 8.65. The summed E-state index contributed by atoms with van der Waals surface area (Å²) in [5.74, 6) is -0.0384. The number of amides is 4. The maximum absolute atomic E-state index is 12.7. The summed E-state index contributed by atoms with van der Waals surface area (Å²) in [6.45, 7) is 1.53. The minimum atomic E-state index is -0.806. The number of hydrogen-bond acceptors (Lipinski definition) is 4. The van der Waals surface area contributed by atoms with Crippen LogP contribution in [0.5, 0.6) is 0 Å². The molecule has 1 saturated heterocycles. The minimum absolute atomic E-state index is 0.279. The lowest BCUT2D eigenvalue weighted by molar-refractivity contribution is -0.136. The Labute approximate surface area is 157 Å². The smallest absolute Gasteiger partial charge is 0.325 e. The molecule has 7 nitrogen and oxygen atoms in total. The molecule has 1 atom stereocenters. The van der Waals surface area contributed by atoms with Crippen LogP contribution in [0.4, 0.5) is 4.79 Å². The van der Waals surface area contributed by atoms with Crippen LogP contribution in [0.2, 0.25) is 0 Å². The van der Waals surface area contributed by atoms with Crippen LogP contribution in [0, 0.1) is 0 Å². The number of carbonyl (C=O) groups excluding carboxylic acids is 3. The molecule has 4 amide bonds. The Morgan fingerprint density at radius 2 is 2.00 bits per heavy atom. The lowest BCUT2D eigenvalue weighted by Gasteiger charge is -2.30. The summed E-state index contributed by atoms with van der Waals surface area (Å²) in [6.07, 6.45) is 4.18. The third kappa shape index (κ3) is 3.18. The molecular weight excluding hydrogens is 346 g/mol. The standard InChI is InChI=1S/C20H23N3O4/c1-13(16-11-14-7-3-4-8-15(14)27-16)21-17(24)12-23-18(25)20(22-19(23)26)9-5-2-6-10-20/h3-4,7-8,11,13H,2,5-6,9-10,12H2,1H3,(H,21,24)(H,22,26). The third-order valence-electron chi connectivity index (χ3n) is 5.50. The highest BCUT2D eigenvalue weighted by Crippen LogP contribution is 2.33. The molecule has 2 N–H and O–H groups in total. The largest absolute Gasteiger partial charge is 0.459 e. The number of hydrogen-bond donors (Lipinski definition) is 2. The topological polar surface area (TPSA) is 91.7 Å². The fourth-order valence-corrected chi connectivity index (χ4v) is 4.03. The Hall–Kier alpha value is -2.83. The molecule has 1 aromatic carbocycles. The van der Waals surface area contributed by atoms with E-state index in [0.29, 0.717) is 18.6 Å². The number of nitrogens with one attached hydrogen (secondary N) is 2. The second-order valence-corrected chi connectivity index (χ2v) is 7.44. The molecule has 1 aliphatic heterocycles. The van der Waals surface area contributed by atoms with Crippen LogP contribution >= 0.6 is 0 Å². The average molecular weight is 369 g/mol. The Kier molecular flexibility index (Phi) is 4.37. The molecule has 4 rings (SSSR count). The first kappa shape index (κ1) is 17.6. The van der Waals surface area contributed by atoms with Gasteiger partial charge in [0.05, 0.1) is 6.04 Å². The predicted octanol–water partition coefficient (Wildman–Crippen LogP) is 2.86. The van der Waals surface area contributed by atoms with Crippen molar-refractivity contribution in [2.75, 3.05) is 6.54 Å². The van der Waals surface area contributed by atoms with Crippen LogP contribution in [-0.4, -0.2) is 34.8 Å². The molecule has 0 radical (unpaired) electrons. The van der Waals surface area contributed by atoms with Gasteiger partial charge < -0.3 is 15.1 Å². The first-order valence-electron chi connectivity index (χ1n) is 9.40. The van der Waals surface area contributed by atoms with E-state index < -0.39 is 11.6 Å². The van der Waals surface area contributed by atoms with Gasteiger partial charge in [-0.15, -0.1) is 0 Å². The van der Waals surface area contributed by atoms with Gasteiger partial charge >= 0.3 is 6.03 Å². The van der Waals surface area contributed by atoms with E-state index in [-0.39, 0.29) is 24.4 Å². The van der Waals surface area contributed by atoms with Gasteiger partial charge in [-0.1, -0.05) is 37.5 Å². The molecule has 2 heterocycles. The normalized spacial score (nSPS) is 20.1. The first-order chi connectivity index (χ1) is 13.0. The zero-order valence-corrected chi connectivity index (χ0v) is 15.3. The van der Waals surface area contributed by atoms with Crippen molar-refractivity contribution in [2.24, 2.45) is 0 Å². The highest BCUT2D eigenvalue weighted by atomic mass is 16.3. The van der Waals surface area contributed by atoms with Gasteiger partial charge in [-0.05, 0) is 31.9 Å². The molecule has 2 aromatic rings. The lowest BCUT2D eigenvalue weighted by atomic mass is 9.82. The summed E-state index contributed by atoms with van der Waals surface area (Å²) in [4.78, 5) is 38.5. The number of fused-ring (bicyclic) bond motifs is 1. The summed E-state index contributed by atoms with van der Waals surface area (Å²) in [7, 11) is 0.